The summed E-state index contributed by atoms with van der Waals surface area (Å²) in [6.07, 6.45) is 8.19. The zero-order valence-electron chi connectivity index (χ0n) is 13.9. The molecule has 0 N–H and O–H groups in total. The predicted molar refractivity (Wildman–Crippen MR) is 94.4 cm³/mol. The second-order valence-electron chi connectivity index (χ2n) is 5.54. The zero-order valence-corrected chi connectivity index (χ0v) is 14.7. The van der Waals surface area contributed by atoms with Crippen LogP contribution in [-0.2, 0) is 14.3 Å². The molecule has 0 unspecified atom stereocenters. The maximum absolute atomic E-state index is 12.1. The number of hydrogen-bond donors (Lipinski definition) is 0. The van der Waals surface area contributed by atoms with E-state index in [1.807, 2.05) is 0 Å². The molecule has 23 heavy (non-hydrogen) atoms. The van der Waals surface area contributed by atoms with Crippen molar-refractivity contribution in [1.82, 2.24) is 0 Å². The van der Waals surface area contributed by atoms with E-state index in [-0.39, 0.29) is 11.4 Å². The molecule has 0 fully saturated rings. The molecule has 0 aliphatic heterocycles. The Morgan fingerprint density at radius 2 is 1.74 bits per heavy atom. The van der Waals surface area contributed by atoms with Gasteiger partial charge in [-0.25, -0.2) is 4.79 Å². The van der Waals surface area contributed by atoms with E-state index >= 15 is 0 Å². The fourth-order valence-corrected chi connectivity index (χ4v) is 2.37. The molecule has 4 heteroatoms. The molecule has 0 bridgehead atoms. The SMILES string of the molecule is CCCCCCCCOC(=O)/C(=C\c1ccccc1Cl)C(C)=O. The molecule has 0 saturated carbocycles. The van der Waals surface area contributed by atoms with Crippen molar-refractivity contribution in [2.75, 3.05) is 6.61 Å². The largest absolute Gasteiger partial charge is 0.462 e. The molecular formula is C19H25ClO3. The number of esters is 1. The summed E-state index contributed by atoms with van der Waals surface area (Å²) in [7, 11) is 0. The van der Waals surface area contributed by atoms with Crippen molar-refractivity contribution < 1.29 is 14.3 Å². The monoisotopic (exact) mass is 336 g/mol. The van der Waals surface area contributed by atoms with Crippen molar-refractivity contribution in [3.63, 3.8) is 0 Å². The highest BCUT2D eigenvalue weighted by atomic mass is 35.5. The maximum atomic E-state index is 12.1. The third-order valence-electron chi connectivity index (χ3n) is 3.54. The van der Waals surface area contributed by atoms with Crippen molar-refractivity contribution in [3.8, 4) is 0 Å². The normalized spacial score (nSPS) is 11.3. The first-order chi connectivity index (χ1) is 11.1. The second kappa shape index (κ2) is 11.0. The summed E-state index contributed by atoms with van der Waals surface area (Å²) in [5.41, 5.74) is 0.667. The van der Waals surface area contributed by atoms with Gasteiger partial charge in [-0.3, -0.25) is 4.79 Å². The summed E-state index contributed by atoms with van der Waals surface area (Å²) in [5, 5.41) is 0.495. The van der Waals surface area contributed by atoms with E-state index in [2.05, 4.69) is 6.92 Å². The molecule has 1 rings (SSSR count). The quantitative estimate of drug-likeness (QED) is 0.193. The lowest BCUT2D eigenvalue weighted by molar-refractivity contribution is -0.140. The van der Waals surface area contributed by atoms with Crippen molar-refractivity contribution in [2.45, 2.75) is 52.4 Å². The Labute approximate surface area is 143 Å². The number of benzene rings is 1. The molecule has 0 spiro atoms. The number of unbranched alkanes of at least 4 members (excludes halogenated alkanes) is 5. The third kappa shape index (κ3) is 7.47. The average molecular weight is 337 g/mol. The smallest absolute Gasteiger partial charge is 0.341 e. The first-order valence-corrected chi connectivity index (χ1v) is 8.58. The van der Waals surface area contributed by atoms with Crippen molar-refractivity contribution in [2.24, 2.45) is 0 Å². The topological polar surface area (TPSA) is 43.4 Å². The highest BCUT2D eigenvalue weighted by Crippen LogP contribution is 2.19. The van der Waals surface area contributed by atoms with E-state index < -0.39 is 5.97 Å². The van der Waals surface area contributed by atoms with Gasteiger partial charge in [0.25, 0.3) is 0 Å². The van der Waals surface area contributed by atoms with E-state index in [1.165, 1.54) is 32.3 Å². The Bertz CT molecular complexity index is 549. The van der Waals surface area contributed by atoms with E-state index in [0.29, 0.717) is 17.2 Å². The summed E-state index contributed by atoms with van der Waals surface area (Å²) < 4.78 is 5.21. The average Bonchev–Trinajstić information content (AvgIpc) is 2.52. The lowest BCUT2D eigenvalue weighted by Gasteiger charge is -2.07. The van der Waals surface area contributed by atoms with Gasteiger partial charge in [0.15, 0.2) is 5.78 Å². The fraction of sp³-hybridized carbons (Fsp3) is 0.474. The first kappa shape index (κ1) is 19.4. The first-order valence-electron chi connectivity index (χ1n) is 8.20. The highest BCUT2D eigenvalue weighted by Gasteiger charge is 2.16. The minimum Gasteiger partial charge on any atom is -0.462 e. The van der Waals surface area contributed by atoms with E-state index in [0.717, 1.165) is 19.3 Å². The van der Waals surface area contributed by atoms with Crippen LogP contribution in [0.2, 0.25) is 5.02 Å². The van der Waals surface area contributed by atoms with Gasteiger partial charge in [0, 0.05) is 5.02 Å². The van der Waals surface area contributed by atoms with Crippen molar-refractivity contribution in [1.29, 1.82) is 0 Å². The Morgan fingerprint density at radius 1 is 1.09 bits per heavy atom. The van der Waals surface area contributed by atoms with Gasteiger partial charge < -0.3 is 4.74 Å². The molecule has 3 nitrogen and oxygen atoms in total. The van der Waals surface area contributed by atoms with Crippen LogP contribution in [0.1, 0.15) is 57.9 Å². The van der Waals surface area contributed by atoms with E-state index in [4.69, 9.17) is 16.3 Å². The molecule has 0 saturated heterocycles. The van der Waals surface area contributed by atoms with Crippen LogP contribution in [0.5, 0.6) is 0 Å². The Kier molecular flexibility index (Phi) is 9.30. The number of ketones is 1. The number of hydrogen-bond acceptors (Lipinski definition) is 3. The molecule has 0 atom stereocenters. The lowest BCUT2D eigenvalue weighted by atomic mass is 10.1. The van der Waals surface area contributed by atoms with Crippen LogP contribution in [-0.4, -0.2) is 18.4 Å². The van der Waals surface area contributed by atoms with Gasteiger partial charge >= 0.3 is 5.97 Å². The molecule has 0 amide bonds. The molecule has 0 heterocycles. The Morgan fingerprint density at radius 3 is 2.39 bits per heavy atom. The molecule has 1 aromatic carbocycles. The minimum atomic E-state index is -0.578. The summed E-state index contributed by atoms with van der Waals surface area (Å²) in [6, 6.07) is 7.07. The molecule has 126 valence electrons. The van der Waals surface area contributed by atoms with Gasteiger partial charge in [-0.05, 0) is 31.1 Å². The Balaban J connectivity index is 2.53. The van der Waals surface area contributed by atoms with Gasteiger partial charge in [0.1, 0.15) is 5.57 Å². The number of ether oxygens (including phenoxy) is 1. The van der Waals surface area contributed by atoms with Gasteiger partial charge in [-0.2, -0.15) is 0 Å². The third-order valence-corrected chi connectivity index (χ3v) is 3.88. The minimum absolute atomic E-state index is 0.0316. The van der Waals surface area contributed by atoms with Crippen molar-refractivity contribution >= 4 is 29.4 Å². The summed E-state index contributed by atoms with van der Waals surface area (Å²) in [4.78, 5) is 23.8. The lowest BCUT2D eigenvalue weighted by Crippen LogP contribution is -2.14. The predicted octanol–water partition coefficient (Wildman–Crippen LogP) is 5.22. The second-order valence-corrected chi connectivity index (χ2v) is 5.95. The van der Waals surface area contributed by atoms with Crippen LogP contribution in [0.15, 0.2) is 29.8 Å². The van der Waals surface area contributed by atoms with E-state index in [9.17, 15) is 9.59 Å². The van der Waals surface area contributed by atoms with Gasteiger partial charge in [-0.1, -0.05) is 68.8 Å². The van der Waals surface area contributed by atoms with Crippen LogP contribution in [0.4, 0.5) is 0 Å². The summed E-state index contributed by atoms with van der Waals surface area (Å²) in [5.74, 6) is -0.899. The molecular weight excluding hydrogens is 312 g/mol. The number of rotatable bonds is 10. The van der Waals surface area contributed by atoms with Gasteiger partial charge in [0.2, 0.25) is 0 Å². The summed E-state index contributed by atoms with van der Waals surface area (Å²) >= 11 is 6.06. The molecule has 0 aliphatic carbocycles. The van der Waals surface area contributed by atoms with Crippen LogP contribution >= 0.6 is 11.6 Å². The van der Waals surface area contributed by atoms with E-state index in [1.54, 1.807) is 24.3 Å². The van der Waals surface area contributed by atoms with Crippen LogP contribution in [0.3, 0.4) is 0 Å². The Hall–Kier alpha value is -1.61. The fourth-order valence-electron chi connectivity index (χ4n) is 2.18. The molecule has 0 aromatic heterocycles. The standard InChI is InChI=1S/C19H25ClO3/c1-3-4-5-6-7-10-13-23-19(22)17(15(2)21)14-16-11-8-9-12-18(16)20/h8-9,11-12,14H,3-7,10,13H2,1-2H3/b17-14-. The number of carbonyl (C=O) groups excluding carboxylic acids is 2. The molecule has 0 aliphatic rings. The number of carbonyl (C=O) groups is 2. The number of halogens is 1. The van der Waals surface area contributed by atoms with Gasteiger partial charge in [-0.15, -0.1) is 0 Å². The maximum Gasteiger partial charge on any atom is 0.341 e. The van der Waals surface area contributed by atoms with Crippen LogP contribution in [0, 0.1) is 0 Å². The zero-order chi connectivity index (χ0) is 17.1. The molecule has 0 radical (unpaired) electrons. The van der Waals surface area contributed by atoms with Crippen LogP contribution < -0.4 is 0 Å². The molecule has 1 aromatic rings. The highest BCUT2D eigenvalue weighted by molar-refractivity contribution is 6.32. The number of Topliss-reactive ketones (excluding diaryl/α,β-unsaturated/α-hetero) is 1. The van der Waals surface area contributed by atoms with Crippen LogP contribution in [0.25, 0.3) is 6.08 Å². The van der Waals surface area contributed by atoms with Crippen molar-refractivity contribution in [3.05, 3.63) is 40.4 Å². The van der Waals surface area contributed by atoms with Gasteiger partial charge in [0.05, 0.1) is 6.61 Å². The summed E-state index contributed by atoms with van der Waals surface area (Å²) in [6.45, 7) is 3.88.